The van der Waals surface area contributed by atoms with E-state index in [9.17, 15) is 4.79 Å². The lowest BCUT2D eigenvalue weighted by Gasteiger charge is -2.16. The van der Waals surface area contributed by atoms with Crippen LogP contribution in [0.3, 0.4) is 0 Å². The highest BCUT2D eigenvalue weighted by Gasteiger charge is 2.20. The van der Waals surface area contributed by atoms with Crippen LogP contribution in [0.15, 0.2) is 36.4 Å². The van der Waals surface area contributed by atoms with Crippen LogP contribution in [-0.4, -0.2) is 12.9 Å². The number of carbonyl (C=O) groups excluding carboxylic acids is 1. The number of methoxy groups -OCH3 is 1. The van der Waals surface area contributed by atoms with E-state index >= 15 is 0 Å². The molecule has 2 aromatic carbocycles. The van der Waals surface area contributed by atoms with Crippen molar-refractivity contribution in [1.29, 1.82) is 0 Å². The number of ether oxygens (including phenoxy) is 1. The summed E-state index contributed by atoms with van der Waals surface area (Å²) in [5, 5.41) is 1.96. The monoisotopic (exact) mass is 256 g/mol. The molecule has 0 aliphatic carbocycles. The molecular weight excluding hydrogens is 236 g/mol. The molecule has 1 atom stereocenters. The summed E-state index contributed by atoms with van der Waals surface area (Å²) in [7, 11) is 1.65. The first-order chi connectivity index (χ1) is 9.06. The van der Waals surface area contributed by atoms with Crippen molar-refractivity contribution in [3.05, 3.63) is 42.0 Å². The number of rotatable bonds is 4. The topological polar surface area (TPSA) is 26.3 Å². The molecule has 0 bridgehead atoms. The van der Waals surface area contributed by atoms with Crippen molar-refractivity contribution < 1.29 is 9.53 Å². The Balaban J connectivity index is 2.59. The molecule has 1 unspecified atom stereocenters. The highest BCUT2D eigenvalue weighted by Crippen LogP contribution is 2.30. The second-order valence-corrected chi connectivity index (χ2v) is 5.26. The Kier molecular flexibility index (Phi) is 3.89. The van der Waals surface area contributed by atoms with Gasteiger partial charge in [-0.3, -0.25) is 4.79 Å². The molecule has 2 aromatic rings. The quantitative estimate of drug-likeness (QED) is 0.761. The lowest BCUT2D eigenvalue weighted by atomic mass is 9.87. The Morgan fingerprint density at radius 1 is 1.00 bits per heavy atom. The van der Waals surface area contributed by atoms with Crippen molar-refractivity contribution >= 4 is 16.6 Å². The Labute approximate surface area is 114 Å². The number of Topliss-reactive ketones (excluding diaryl/α,β-unsaturated/α-hetero) is 1. The molecule has 0 saturated carbocycles. The standard InChI is InChI=1S/C17H20O2/c1-11(2)12(3)17(18)15-9-10-16(19-4)14-8-6-5-7-13(14)15/h5-12H,1-4H3. The van der Waals surface area contributed by atoms with Gasteiger partial charge in [-0.2, -0.15) is 0 Å². The van der Waals surface area contributed by atoms with Crippen LogP contribution in [0.25, 0.3) is 10.8 Å². The molecular formula is C17H20O2. The predicted molar refractivity (Wildman–Crippen MR) is 78.8 cm³/mol. The maximum atomic E-state index is 12.6. The molecule has 0 heterocycles. The fourth-order valence-corrected chi connectivity index (χ4v) is 2.21. The van der Waals surface area contributed by atoms with E-state index in [0.29, 0.717) is 5.92 Å². The third-order valence-corrected chi connectivity index (χ3v) is 3.78. The third kappa shape index (κ3) is 2.48. The van der Waals surface area contributed by atoms with Crippen molar-refractivity contribution in [2.24, 2.45) is 11.8 Å². The number of benzene rings is 2. The van der Waals surface area contributed by atoms with Crippen LogP contribution >= 0.6 is 0 Å². The summed E-state index contributed by atoms with van der Waals surface area (Å²) < 4.78 is 5.36. The van der Waals surface area contributed by atoms with Crippen molar-refractivity contribution in [3.8, 4) is 5.75 Å². The fraction of sp³-hybridized carbons (Fsp3) is 0.353. The first-order valence-corrected chi connectivity index (χ1v) is 6.66. The fourth-order valence-electron chi connectivity index (χ4n) is 2.21. The van der Waals surface area contributed by atoms with Crippen molar-refractivity contribution in [2.45, 2.75) is 20.8 Å². The average molecular weight is 256 g/mol. The number of carbonyl (C=O) groups is 1. The van der Waals surface area contributed by atoms with Crippen LogP contribution in [0, 0.1) is 11.8 Å². The van der Waals surface area contributed by atoms with Crippen LogP contribution < -0.4 is 4.74 Å². The van der Waals surface area contributed by atoms with Crippen molar-refractivity contribution in [3.63, 3.8) is 0 Å². The first-order valence-electron chi connectivity index (χ1n) is 6.66. The van der Waals surface area contributed by atoms with Crippen LogP contribution in [0.4, 0.5) is 0 Å². The Morgan fingerprint density at radius 3 is 2.21 bits per heavy atom. The normalized spacial score (nSPS) is 12.7. The van der Waals surface area contributed by atoms with E-state index in [1.165, 1.54) is 0 Å². The average Bonchev–Trinajstić information content (AvgIpc) is 2.44. The van der Waals surface area contributed by atoms with Gasteiger partial charge in [-0.1, -0.05) is 45.0 Å². The lowest BCUT2D eigenvalue weighted by Crippen LogP contribution is -2.17. The van der Waals surface area contributed by atoms with Crippen LogP contribution in [0.2, 0.25) is 0 Å². The summed E-state index contributed by atoms with van der Waals surface area (Å²) in [6.45, 7) is 6.15. The van der Waals surface area contributed by atoms with Gasteiger partial charge in [0.2, 0.25) is 0 Å². The van der Waals surface area contributed by atoms with E-state index in [1.807, 2.05) is 43.3 Å². The summed E-state index contributed by atoms with van der Waals surface area (Å²) in [6, 6.07) is 11.7. The van der Waals surface area contributed by atoms with E-state index in [2.05, 4.69) is 13.8 Å². The molecule has 19 heavy (non-hydrogen) atoms. The molecule has 2 rings (SSSR count). The minimum atomic E-state index is 0.0248. The number of hydrogen-bond acceptors (Lipinski definition) is 2. The second-order valence-electron chi connectivity index (χ2n) is 5.26. The SMILES string of the molecule is COc1ccc(C(=O)C(C)C(C)C)c2ccccc12. The lowest BCUT2D eigenvalue weighted by molar-refractivity contribution is 0.0901. The molecule has 0 aliphatic rings. The van der Waals surface area contributed by atoms with Crippen LogP contribution in [-0.2, 0) is 0 Å². The predicted octanol–water partition coefficient (Wildman–Crippen LogP) is 4.32. The summed E-state index contributed by atoms with van der Waals surface area (Å²) >= 11 is 0. The zero-order valence-electron chi connectivity index (χ0n) is 11.9. The van der Waals surface area contributed by atoms with Gasteiger partial charge in [-0.05, 0) is 23.4 Å². The zero-order valence-corrected chi connectivity index (χ0v) is 11.9. The highest BCUT2D eigenvalue weighted by molar-refractivity contribution is 6.10. The molecule has 2 nitrogen and oxygen atoms in total. The minimum absolute atomic E-state index is 0.0248. The summed E-state index contributed by atoms with van der Waals surface area (Å²) in [6.07, 6.45) is 0. The van der Waals surface area contributed by atoms with Gasteiger partial charge in [-0.25, -0.2) is 0 Å². The Hall–Kier alpha value is -1.83. The van der Waals surface area contributed by atoms with E-state index in [0.717, 1.165) is 22.1 Å². The maximum absolute atomic E-state index is 12.6. The molecule has 0 aliphatic heterocycles. The molecule has 2 heteroatoms. The number of ketones is 1. The van der Waals surface area contributed by atoms with Gasteiger partial charge in [0.15, 0.2) is 5.78 Å². The van der Waals surface area contributed by atoms with E-state index in [4.69, 9.17) is 4.74 Å². The molecule has 0 aromatic heterocycles. The van der Waals surface area contributed by atoms with Crippen molar-refractivity contribution in [1.82, 2.24) is 0 Å². The van der Waals surface area contributed by atoms with Gasteiger partial charge in [0, 0.05) is 16.9 Å². The molecule has 0 N–H and O–H groups in total. The zero-order chi connectivity index (χ0) is 14.0. The molecule has 0 radical (unpaired) electrons. The van der Waals surface area contributed by atoms with E-state index < -0.39 is 0 Å². The minimum Gasteiger partial charge on any atom is -0.496 e. The van der Waals surface area contributed by atoms with Crippen LogP contribution in [0.5, 0.6) is 5.75 Å². The number of hydrogen-bond donors (Lipinski definition) is 0. The van der Waals surface area contributed by atoms with Crippen molar-refractivity contribution in [2.75, 3.05) is 7.11 Å². The smallest absolute Gasteiger partial charge is 0.166 e. The van der Waals surface area contributed by atoms with Gasteiger partial charge in [0.05, 0.1) is 7.11 Å². The molecule has 0 saturated heterocycles. The summed E-state index contributed by atoms with van der Waals surface area (Å²) in [4.78, 5) is 12.6. The van der Waals surface area contributed by atoms with E-state index in [-0.39, 0.29) is 11.7 Å². The summed E-state index contributed by atoms with van der Waals surface area (Å²) in [5.74, 6) is 1.38. The maximum Gasteiger partial charge on any atom is 0.166 e. The number of fused-ring (bicyclic) bond motifs is 1. The Morgan fingerprint density at radius 2 is 1.63 bits per heavy atom. The van der Waals surface area contributed by atoms with Crippen LogP contribution in [0.1, 0.15) is 31.1 Å². The molecule has 0 amide bonds. The van der Waals surface area contributed by atoms with Gasteiger partial charge in [0.1, 0.15) is 5.75 Å². The second kappa shape index (κ2) is 5.43. The molecule has 100 valence electrons. The van der Waals surface area contributed by atoms with Gasteiger partial charge in [0.25, 0.3) is 0 Å². The largest absolute Gasteiger partial charge is 0.496 e. The van der Waals surface area contributed by atoms with Gasteiger partial charge in [-0.15, -0.1) is 0 Å². The first kappa shape index (κ1) is 13.6. The van der Waals surface area contributed by atoms with Gasteiger partial charge >= 0.3 is 0 Å². The Bertz CT molecular complexity index is 599. The highest BCUT2D eigenvalue weighted by atomic mass is 16.5. The third-order valence-electron chi connectivity index (χ3n) is 3.78. The van der Waals surface area contributed by atoms with Gasteiger partial charge < -0.3 is 4.74 Å². The molecule has 0 spiro atoms. The van der Waals surface area contributed by atoms with E-state index in [1.54, 1.807) is 7.11 Å². The summed E-state index contributed by atoms with van der Waals surface area (Å²) in [5.41, 5.74) is 0.789. The molecule has 0 fully saturated rings.